The summed E-state index contributed by atoms with van der Waals surface area (Å²) in [6.07, 6.45) is 0.666. The van der Waals surface area contributed by atoms with Crippen LogP contribution in [0, 0.1) is 6.92 Å². The van der Waals surface area contributed by atoms with Crippen LogP contribution in [0.25, 0.3) is 5.76 Å². The van der Waals surface area contributed by atoms with Gasteiger partial charge in [-0.1, -0.05) is 29.5 Å². The number of esters is 1. The number of nitrogens with zero attached hydrogens (tertiary/aromatic N) is 2. The lowest BCUT2D eigenvalue weighted by atomic mass is 9.94. The second-order valence-electron chi connectivity index (χ2n) is 9.00. The maximum atomic E-state index is 13.5. The summed E-state index contributed by atoms with van der Waals surface area (Å²) in [5.41, 5.74) is 2.05. The molecule has 0 saturated carbocycles. The fourth-order valence-electron chi connectivity index (χ4n) is 4.81. The molecule has 1 fully saturated rings. The van der Waals surface area contributed by atoms with Crippen LogP contribution in [0.5, 0.6) is 11.5 Å². The van der Waals surface area contributed by atoms with Crippen LogP contribution < -0.4 is 14.4 Å². The molecule has 196 valence electrons. The Bertz CT molecular complexity index is 1490. The molecule has 1 amide bonds. The highest BCUT2D eigenvalue weighted by molar-refractivity contribution is 7.17. The first kappa shape index (κ1) is 25.5. The number of amides is 1. The van der Waals surface area contributed by atoms with Gasteiger partial charge < -0.3 is 19.3 Å². The van der Waals surface area contributed by atoms with Gasteiger partial charge >= 0.3 is 11.9 Å². The first-order valence-electron chi connectivity index (χ1n) is 12.1. The Balaban J connectivity index is 1.69. The molecule has 10 heteroatoms. The Morgan fingerprint density at radius 1 is 1.24 bits per heavy atom. The number of rotatable bonds is 6. The first-order chi connectivity index (χ1) is 18.2. The Hall–Kier alpha value is -4.18. The van der Waals surface area contributed by atoms with E-state index in [2.05, 4.69) is 4.98 Å². The normalized spacial score (nSPS) is 19.8. The number of carbonyl (C=O) groups is 3. The van der Waals surface area contributed by atoms with E-state index in [4.69, 9.17) is 14.2 Å². The molecule has 0 radical (unpaired) electrons. The van der Waals surface area contributed by atoms with Crippen molar-refractivity contribution in [1.82, 2.24) is 4.98 Å². The van der Waals surface area contributed by atoms with Gasteiger partial charge in [0.25, 0.3) is 5.78 Å². The number of aromatic nitrogens is 1. The summed E-state index contributed by atoms with van der Waals surface area (Å²) < 4.78 is 16.4. The Morgan fingerprint density at radius 3 is 2.74 bits per heavy atom. The van der Waals surface area contributed by atoms with Gasteiger partial charge in [-0.3, -0.25) is 14.5 Å². The Labute approximate surface area is 223 Å². The van der Waals surface area contributed by atoms with Crippen molar-refractivity contribution in [3.63, 3.8) is 0 Å². The van der Waals surface area contributed by atoms with Gasteiger partial charge in [-0.25, -0.2) is 9.78 Å². The van der Waals surface area contributed by atoms with E-state index >= 15 is 0 Å². The SMILES string of the molecule is CCOC(=O)c1sc(N2C(=O)C(=O)C(=C(O)c3ccc4c(c3)CC(C)O4)C2c2ccccc2OC)nc1C. The minimum atomic E-state index is -1.05. The highest BCUT2D eigenvalue weighted by atomic mass is 32.1. The van der Waals surface area contributed by atoms with Gasteiger partial charge in [-0.15, -0.1) is 0 Å². The van der Waals surface area contributed by atoms with E-state index in [0.29, 0.717) is 29.0 Å². The molecule has 3 aromatic rings. The minimum absolute atomic E-state index is 0.00305. The van der Waals surface area contributed by atoms with E-state index in [0.717, 1.165) is 22.6 Å². The quantitative estimate of drug-likeness (QED) is 0.211. The van der Waals surface area contributed by atoms with Gasteiger partial charge in [0.15, 0.2) is 5.13 Å². The summed E-state index contributed by atoms with van der Waals surface area (Å²) in [6, 6.07) is 11.1. The molecular formula is C28H26N2O7S. The molecule has 2 atom stereocenters. The number of aryl methyl sites for hydroxylation is 1. The van der Waals surface area contributed by atoms with Crippen molar-refractivity contribution in [1.29, 1.82) is 0 Å². The van der Waals surface area contributed by atoms with E-state index in [1.807, 2.05) is 6.92 Å². The number of aliphatic hydroxyl groups is 1. The Morgan fingerprint density at radius 2 is 2.00 bits per heavy atom. The molecule has 2 aliphatic heterocycles. The first-order valence-corrected chi connectivity index (χ1v) is 12.9. The van der Waals surface area contributed by atoms with Crippen molar-refractivity contribution in [2.45, 2.75) is 39.3 Å². The highest BCUT2D eigenvalue weighted by Gasteiger charge is 2.49. The van der Waals surface area contributed by atoms with Crippen molar-refractivity contribution in [2.75, 3.05) is 18.6 Å². The van der Waals surface area contributed by atoms with E-state index in [-0.39, 0.29) is 34.1 Å². The van der Waals surface area contributed by atoms with Crippen molar-refractivity contribution in [3.05, 3.63) is 75.3 Å². The number of ketones is 1. The third kappa shape index (κ3) is 4.20. The molecule has 2 aromatic carbocycles. The molecule has 1 saturated heterocycles. The predicted octanol–water partition coefficient (Wildman–Crippen LogP) is 4.59. The molecule has 1 aromatic heterocycles. The van der Waals surface area contributed by atoms with Gasteiger partial charge in [-0.05, 0) is 50.6 Å². The molecule has 0 spiro atoms. The number of thiazole rings is 1. The molecule has 9 nitrogen and oxygen atoms in total. The molecule has 0 aliphatic carbocycles. The zero-order valence-corrected chi connectivity index (χ0v) is 22.1. The second kappa shape index (κ2) is 9.94. The molecule has 5 rings (SSSR count). The van der Waals surface area contributed by atoms with Crippen LogP contribution in [0.15, 0.2) is 48.0 Å². The minimum Gasteiger partial charge on any atom is -0.507 e. The molecule has 0 bridgehead atoms. The summed E-state index contributed by atoms with van der Waals surface area (Å²) in [5.74, 6) is -1.47. The maximum Gasteiger partial charge on any atom is 0.350 e. The fraction of sp³-hybridized carbons (Fsp3) is 0.286. The number of ether oxygens (including phenoxy) is 3. The number of hydrogen-bond donors (Lipinski definition) is 1. The topological polar surface area (TPSA) is 115 Å². The van der Waals surface area contributed by atoms with Crippen LogP contribution in [0.2, 0.25) is 0 Å². The van der Waals surface area contributed by atoms with Gasteiger partial charge in [0.1, 0.15) is 34.3 Å². The number of Topliss-reactive ketones (excluding diaryl/α,β-unsaturated/α-hetero) is 1. The predicted molar refractivity (Wildman–Crippen MR) is 141 cm³/mol. The third-order valence-electron chi connectivity index (χ3n) is 6.50. The maximum absolute atomic E-state index is 13.5. The van der Waals surface area contributed by atoms with E-state index < -0.39 is 23.7 Å². The largest absolute Gasteiger partial charge is 0.507 e. The number of carbonyl (C=O) groups excluding carboxylic acids is 3. The fourth-order valence-corrected chi connectivity index (χ4v) is 5.80. The van der Waals surface area contributed by atoms with E-state index in [1.54, 1.807) is 56.3 Å². The second-order valence-corrected chi connectivity index (χ2v) is 9.98. The molecule has 1 N–H and O–H groups in total. The monoisotopic (exact) mass is 534 g/mol. The van der Waals surface area contributed by atoms with Gasteiger partial charge in [0.2, 0.25) is 0 Å². The van der Waals surface area contributed by atoms with Crippen molar-refractivity contribution >= 4 is 39.9 Å². The summed E-state index contributed by atoms with van der Waals surface area (Å²) in [5, 5.41) is 11.6. The summed E-state index contributed by atoms with van der Waals surface area (Å²) in [4.78, 5) is 45.4. The molecular weight excluding hydrogens is 508 g/mol. The lowest BCUT2D eigenvalue weighted by molar-refractivity contribution is -0.132. The van der Waals surface area contributed by atoms with Crippen LogP contribution >= 0.6 is 11.3 Å². The van der Waals surface area contributed by atoms with Crippen LogP contribution in [0.3, 0.4) is 0 Å². The van der Waals surface area contributed by atoms with Crippen LogP contribution in [0.4, 0.5) is 5.13 Å². The number of methoxy groups -OCH3 is 1. The standard InChI is InChI=1S/C28H26N2O7S/c1-5-36-27(34)25-15(3)29-28(38-25)30-22(18-8-6-7-9-20(18)35-4)21(24(32)26(30)33)23(31)16-10-11-19-17(13-16)12-14(2)37-19/h6-11,13-14,22,31H,5,12H2,1-4H3. The number of hydrogen-bond acceptors (Lipinski definition) is 9. The lowest BCUT2D eigenvalue weighted by Crippen LogP contribution is -2.29. The smallest absolute Gasteiger partial charge is 0.350 e. The number of para-hydroxylation sites is 1. The zero-order chi connectivity index (χ0) is 27.1. The molecule has 2 unspecified atom stereocenters. The van der Waals surface area contributed by atoms with Crippen LogP contribution in [0.1, 0.15) is 51.9 Å². The summed E-state index contributed by atoms with van der Waals surface area (Å²) >= 11 is 0.954. The van der Waals surface area contributed by atoms with Crippen molar-refractivity contribution < 1.29 is 33.7 Å². The average molecular weight is 535 g/mol. The van der Waals surface area contributed by atoms with E-state index in [9.17, 15) is 19.5 Å². The van der Waals surface area contributed by atoms with E-state index in [1.165, 1.54) is 12.0 Å². The average Bonchev–Trinajstić information content (AvgIpc) is 3.55. The number of benzene rings is 2. The van der Waals surface area contributed by atoms with Gasteiger partial charge in [-0.2, -0.15) is 0 Å². The molecule has 3 heterocycles. The summed E-state index contributed by atoms with van der Waals surface area (Å²) in [6.45, 7) is 5.46. The summed E-state index contributed by atoms with van der Waals surface area (Å²) in [7, 11) is 1.49. The van der Waals surface area contributed by atoms with Gasteiger partial charge in [0.05, 0.1) is 25.0 Å². The number of anilines is 1. The van der Waals surface area contributed by atoms with Crippen LogP contribution in [-0.2, 0) is 20.7 Å². The Kier molecular flexibility index (Phi) is 6.66. The van der Waals surface area contributed by atoms with Gasteiger partial charge in [0, 0.05) is 17.5 Å². The number of fused-ring (bicyclic) bond motifs is 1. The van der Waals surface area contributed by atoms with Crippen LogP contribution in [-0.4, -0.2) is 47.6 Å². The highest BCUT2D eigenvalue weighted by Crippen LogP contribution is 2.46. The third-order valence-corrected chi connectivity index (χ3v) is 7.64. The molecule has 38 heavy (non-hydrogen) atoms. The number of aliphatic hydroxyl groups excluding tert-OH is 1. The molecule has 2 aliphatic rings. The zero-order valence-electron chi connectivity index (χ0n) is 21.3. The van der Waals surface area contributed by atoms with Crippen molar-refractivity contribution in [3.8, 4) is 11.5 Å². The lowest BCUT2D eigenvalue weighted by Gasteiger charge is -2.24. The van der Waals surface area contributed by atoms with Crippen molar-refractivity contribution in [2.24, 2.45) is 0 Å².